The number of carbonyl (C=O) groups is 1. The van der Waals surface area contributed by atoms with Gasteiger partial charge < -0.3 is 0 Å². The molecule has 0 atom stereocenters. The standard InChI is InChI=1S/C15H11FN2O/c1-9-6-14-10(8-17-18-14)7-12(9)15(19)11-4-2-3-5-13(11)16/h2-8H,1H3,(H,17,18). The van der Waals surface area contributed by atoms with E-state index in [1.54, 1.807) is 24.4 Å². The lowest BCUT2D eigenvalue weighted by molar-refractivity contribution is 0.103. The van der Waals surface area contributed by atoms with Crippen LogP contribution in [-0.4, -0.2) is 16.0 Å². The number of hydrogen-bond donors (Lipinski definition) is 1. The minimum Gasteiger partial charge on any atom is -0.288 e. The fourth-order valence-electron chi connectivity index (χ4n) is 2.13. The zero-order chi connectivity index (χ0) is 13.4. The second-order valence-corrected chi connectivity index (χ2v) is 4.43. The smallest absolute Gasteiger partial charge is 0.196 e. The molecule has 0 spiro atoms. The molecule has 19 heavy (non-hydrogen) atoms. The van der Waals surface area contributed by atoms with E-state index in [0.29, 0.717) is 5.56 Å². The molecule has 2 aromatic carbocycles. The van der Waals surface area contributed by atoms with Crippen LogP contribution in [0.25, 0.3) is 10.9 Å². The summed E-state index contributed by atoms with van der Waals surface area (Å²) >= 11 is 0. The van der Waals surface area contributed by atoms with Crippen molar-refractivity contribution in [3.8, 4) is 0 Å². The number of benzene rings is 2. The van der Waals surface area contributed by atoms with Crippen molar-refractivity contribution in [1.29, 1.82) is 0 Å². The molecule has 3 rings (SSSR count). The third-order valence-electron chi connectivity index (χ3n) is 3.15. The molecule has 1 N–H and O–H groups in total. The van der Waals surface area contributed by atoms with Crippen LogP contribution in [-0.2, 0) is 0 Å². The zero-order valence-corrected chi connectivity index (χ0v) is 10.3. The molecule has 94 valence electrons. The van der Waals surface area contributed by atoms with Crippen LogP contribution in [0, 0.1) is 12.7 Å². The number of halogens is 1. The van der Waals surface area contributed by atoms with Gasteiger partial charge in [-0.15, -0.1) is 0 Å². The molecule has 0 aliphatic rings. The van der Waals surface area contributed by atoms with Crippen LogP contribution in [0.15, 0.2) is 42.6 Å². The summed E-state index contributed by atoms with van der Waals surface area (Å²) in [6, 6.07) is 9.59. The minimum absolute atomic E-state index is 0.0912. The van der Waals surface area contributed by atoms with Gasteiger partial charge in [-0.25, -0.2) is 4.39 Å². The lowest BCUT2D eigenvalue weighted by Crippen LogP contribution is -2.06. The van der Waals surface area contributed by atoms with Crippen molar-refractivity contribution in [3.05, 3.63) is 65.1 Å². The molecule has 0 saturated carbocycles. The number of carbonyl (C=O) groups excluding carboxylic acids is 1. The molecule has 0 amide bonds. The third kappa shape index (κ3) is 1.91. The Morgan fingerprint density at radius 3 is 2.79 bits per heavy atom. The molecule has 3 nitrogen and oxygen atoms in total. The third-order valence-corrected chi connectivity index (χ3v) is 3.15. The van der Waals surface area contributed by atoms with Crippen LogP contribution in [0.1, 0.15) is 21.5 Å². The number of aromatic amines is 1. The van der Waals surface area contributed by atoms with E-state index in [2.05, 4.69) is 10.2 Å². The minimum atomic E-state index is -0.501. The molecule has 0 fully saturated rings. The fraction of sp³-hybridized carbons (Fsp3) is 0.0667. The molecule has 0 saturated heterocycles. The normalized spacial score (nSPS) is 10.8. The topological polar surface area (TPSA) is 45.8 Å². The van der Waals surface area contributed by atoms with Crippen LogP contribution in [0.5, 0.6) is 0 Å². The average molecular weight is 254 g/mol. The largest absolute Gasteiger partial charge is 0.288 e. The van der Waals surface area contributed by atoms with Gasteiger partial charge in [0.25, 0.3) is 0 Å². The molecule has 1 aromatic heterocycles. The Morgan fingerprint density at radius 1 is 1.21 bits per heavy atom. The Labute approximate surface area is 109 Å². The highest BCUT2D eigenvalue weighted by Crippen LogP contribution is 2.21. The van der Waals surface area contributed by atoms with Gasteiger partial charge in [0.15, 0.2) is 5.78 Å². The number of aromatic nitrogens is 2. The van der Waals surface area contributed by atoms with Gasteiger partial charge in [-0.05, 0) is 36.8 Å². The fourth-order valence-corrected chi connectivity index (χ4v) is 2.13. The second kappa shape index (κ2) is 4.31. The molecule has 0 radical (unpaired) electrons. The molecule has 1 heterocycles. The maximum atomic E-state index is 13.7. The Bertz CT molecular complexity index is 777. The van der Waals surface area contributed by atoms with Crippen molar-refractivity contribution < 1.29 is 9.18 Å². The Balaban J connectivity index is 2.16. The average Bonchev–Trinajstić information content (AvgIpc) is 2.84. The van der Waals surface area contributed by atoms with E-state index in [0.717, 1.165) is 16.5 Å². The highest BCUT2D eigenvalue weighted by Gasteiger charge is 2.16. The van der Waals surface area contributed by atoms with Gasteiger partial charge in [0.05, 0.1) is 17.3 Å². The van der Waals surface area contributed by atoms with E-state index in [1.807, 2.05) is 13.0 Å². The van der Waals surface area contributed by atoms with Crippen molar-refractivity contribution in [3.63, 3.8) is 0 Å². The van der Waals surface area contributed by atoms with E-state index >= 15 is 0 Å². The summed E-state index contributed by atoms with van der Waals surface area (Å²) in [5.74, 6) is -0.808. The summed E-state index contributed by atoms with van der Waals surface area (Å²) in [7, 11) is 0. The molecule has 0 unspecified atom stereocenters. The van der Waals surface area contributed by atoms with Crippen LogP contribution in [0.2, 0.25) is 0 Å². The van der Waals surface area contributed by atoms with Crippen molar-refractivity contribution in [1.82, 2.24) is 10.2 Å². The van der Waals surface area contributed by atoms with Gasteiger partial charge in [0.2, 0.25) is 0 Å². The summed E-state index contributed by atoms with van der Waals surface area (Å²) in [5, 5.41) is 7.60. The number of ketones is 1. The first-order chi connectivity index (χ1) is 9.16. The van der Waals surface area contributed by atoms with Gasteiger partial charge in [-0.3, -0.25) is 9.89 Å². The first-order valence-corrected chi connectivity index (χ1v) is 5.90. The summed E-state index contributed by atoms with van der Waals surface area (Å²) in [6.45, 7) is 1.83. The van der Waals surface area contributed by atoms with Crippen LogP contribution in [0.4, 0.5) is 4.39 Å². The second-order valence-electron chi connectivity index (χ2n) is 4.43. The Morgan fingerprint density at radius 2 is 2.00 bits per heavy atom. The molecular weight excluding hydrogens is 243 g/mol. The first kappa shape index (κ1) is 11.6. The van der Waals surface area contributed by atoms with Crippen molar-refractivity contribution in [2.75, 3.05) is 0 Å². The Hall–Kier alpha value is -2.49. The zero-order valence-electron chi connectivity index (χ0n) is 10.3. The van der Waals surface area contributed by atoms with E-state index in [4.69, 9.17) is 0 Å². The SMILES string of the molecule is Cc1cc2[nH]ncc2cc1C(=O)c1ccccc1F. The molecular formula is C15H11FN2O. The highest BCUT2D eigenvalue weighted by atomic mass is 19.1. The van der Waals surface area contributed by atoms with Gasteiger partial charge in [0.1, 0.15) is 5.82 Å². The Kier molecular flexibility index (Phi) is 2.63. The van der Waals surface area contributed by atoms with E-state index < -0.39 is 5.82 Å². The van der Waals surface area contributed by atoms with Gasteiger partial charge >= 0.3 is 0 Å². The number of hydrogen-bond acceptors (Lipinski definition) is 2. The predicted molar refractivity (Wildman–Crippen MR) is 70.7 cm³/mol. The maximum absolute atomic E-state index is 13.7. The van der Waals surface area contributed by atoms with Crippen LogP contribution in [0.3, 0.4) is 0 Å². The molecule has 0 bridgehead atoms. The number of aryl methyl sites for hydroxylation is 1. The van der Waals surface area contributed by atoms with Crippen molar-refractivity contribution in [2.45, 2.75) is 6.92 Å². The lowest BCUT2D eigenvalue weighted by Gasteiger charge is -2.06. The molecule has 0 aliphatic carbocycles. The van der Waals surface area contributed by atoms with Crippen molar-refractivity contribution >= 4 is 16.7 Å². The van der Waals surface area contributed by atoms with Crippen LogP contribution >= 0.6 is 0 Å². The monoisotopic (exact) mass is 254 g/mol. The van der Waals surface area contributed by atoms with Crippen molar-refractivity contribution in [2.24, 2.45) is 0 Å². The number of nitrogens with zero attached hydrogens (tertiary/aromatic N) is 1. The van der Waals surface area contributed by atoms with Gasteiger partial charge in [0, 0.05) is 10.9 Å². The van der Waals surface area contributed by atoms with E-state index in [1.165, 1.54) is 12.1 Å². The highest BCUT2D eigenvalue weighted by molar-refractivity contribution is 6.11. The summed E-state index contributed by atoms with van der Waals surface area (Å²) in [6.07, 6.45) is 1.65. The predicted octanol–water partition coefficient (Wildman–Crippen LogP) is 3.24. The summed E-state index contributed by atoms with van der Waals surface area (Å²) in [4.78, 5) is 12.4. The number of fused-ring (bicyclic) bond motifs is 1. The van der Waals surface area contributed by atoms with Crippen LogP contribution < -0.4 is 0 Å². The molecule has 4 heteroatoms. The van der Waals surface area contributed by atoms with E-state index in [-0.39, 0.29) is 11.3 Å². The number of nitrogens with one attached hydrogen (secondary N) is 1. The quantitative estimate of drug-likeness (QED) is 0.713. The van der Waals surface area contributed by atoms with E-state index in [9.17, 15) is 9.18 Å². The van der Waals surface area contributed by atoms with Gasteiger partial charge in [-0.1, -0.05) is 12.1 Å². The molecule has 0 aliphatic heterocycles. The maximum Gasteiger partial charge on any atom is 0.196 e. The summed E-state index contributed by atoms with van der Waals surface area (Å²) < 4.78 is 13.7. The lowest BCUT2D eigenvalue weighted by atomic mass is 9.97. The number of rotatable bonds is 2. The van der Waals surface area contributed by atoms with Gasteiger partial charge in [-0.2, -0.15) is 5.10 Å². The number of H-pyrrole nitrogens is 1. The first-order valence-electron chi connectivity index (χ1n) is 5.90. The molecule has 3 aromatic rings. The summed E-state index contributed by atoms with van der Waals surface area (Å²) in [5.41, 5.74) is 2.25.